The first-order valence-electron chi connectivity index (χ1n) is 10.9. The maximum atomic E-state index is 12.0. The van der Waals surface area contributed by atoms with Crippen LogP contribution in [0, 0.1) is 0 Å². The largest absolute Gasteiger partial charge is 0.496 e. The van der Waals surface area contributed by atoms with Gasteiger partial charge in [-0.1, -0.05) is 18.2 Å². The van der Waals surface area contributed by atoms with E-state index in [-0.39, 0.29) is 35.8 Å². The summed E-state index contributed by atoms with van der Waals surface area (Å²) in [5, 5.41) is 9.53. The van der Waals surface area contributed by atoms with Crippen molar-refractivity contribution in [2.24, 2.45) is 4.99 Å². The highest BCUT2D eigenvalue weighted by Gasteiger charge is 2.24. The lowest BCUT2D eigenvalue weighted by molar-refractivity contribution is -0.116. The van der Waals surface area contributed by atoms with E-state index in [0.717, 1.165) is 30.2 Å². The smallest absolute Gasteiger partial charge is 0.225 e. The molecule has 1 heterocycles. The van der Waals surface area contributed by atoms with E-state index >= 15 is 0 Å². The summed E-state index contributed by atoms with van der Waals surface area (Å²) in [4.78, 5) is 16.7. The molecule has 0 saturated carbocycles. The number of benzene rings is 2. The average molecular weight is 568 g/mol. The molecule has 1 aliphatic heterocycles. The van der Waals surface area contributed by atoms with Gasteiger partial charge in [-0.05, 0) is 25.0 Å². The Morgan fingerprint density at radius 3 is 2.48 bits per heavy atom. The van der Waals surface area contributed by atoms with Gasteiger partial charge in [-0.2, -0.15) is 0 Å². The van der Waals surface area contributed by atoms with Gasteiger partial charge in [-0.15, -0.1) is 24.0 Å². The number of amides is 1. The third-order valence-electron chi connectivity index (χ3n) is 5.13. The van der Waals surface area contributed by atoms with Crippen LogP contribution in [0.15, 0.2) is 47.5 Å². The molecular weight excluding hydrogens is 535 g/mol. The number of anilines is 1. The molecule has 2 aromatic carbocycles. The molecule has 2 aromatic rings. The fourth-order valence-corrected chi connectivity index (χ4v) is 3.54. The quantitative estimate of drug-likeness (QED) is 0.175. The first-order valence-corrected chi connectivity index (χ1v) is 10.9. The van der Waals surface area contributed by atoms with Gasteiger partial charge in [-0.3, -0.25) is 9.79 Å². The minimum absolute atomic E-state index is 0. The first kappa shape index (κ1) is 26.6. The number of hydrogen-bond donors (Lipinski definition) is 3. The second kappa shape index (κ2) is 13.8. The van der Waals surface area contributed by atoms with E-state index in [1.807, 2.05) is 43.3 Å². The van der Waals surface area contributed by atoms with Gasteiger partial charge < -0.3 is 30.2 Å². The lowest BCUT2D eigenvalue weighted by Gasteiger charge is -2.24. The van der Waals surface area contributed by atoms with Crippen molar-refractivity contribution in [3.63, 3.8) is 0 Å². The average Bonchev–Trinajstić information content (AvgIpc) is 2.81. The molecule has 1 atom stereocenters. The van der Waals surface area contributed by atoms with E-state index in [1.165, 1.54) is 0 Å². The number of carbonyl (C=O) groups is 1. The highest BCUT2D eigenvalue weighted by molar-refractivity contribution is 14.0. The van der Waals surface area contributed by atoms with Crippen molar-refractivity contribution in [3.05, 3.63) is 48.0 Å². The van der Waals surface area contributed by atoms with E-state index in [1.54, 1.807) is 14.2 Å². The molecule has 0 saturated heterocycles. The van der Waals surface area contributed by atoms with Crippen LogP contribution in [0.3, 0.4) is 0 Å². The van der Waals surface area contributed by atoms with E-state index in [4.69, 9.17) is 19.2 Å². The molecule has 3 rings (SSSR count). The molecule has 1 aliphatic rings. The van der Waals surface area contributed by atoms with Gasteiger partial charge in [0.15, 0.2) is 5.96 Å². The van der Waals surface area contributed by atoms with Crippen molar-refractivity contribution in [1.29, 1.82) is 0 Å². The molecule has 0 aliphatic carbocycles. The summed E-state index contributed by atoms with van der Waals surface area (Å²) in [5.74, 6) is 2.93. The number of nitrogens with one attached hydrogen (secondary N) is 3. The molecule has 0 fully saturated rings. The zero-order chi connectivity index (χ0) is 22.8. The van der Waals surface area contributed by atoms with E-state index in [9.17, 15) is 4.79 Å². The number of para-hydroxylation sites is 1. The Bertz CT molecular complexity index is 916. The van der Waals surface area contributed by atoms with Gasteiger partial charge in [0.05, 0.1) is 27.4 Å². The SMILES string of the molecule is CCNC(=NCC1CC(=O)Nc2ccccc21)NCCCOc1cc(OC)cc(OC)c1.I. The van der Waals surface area contributed by atoms with Crippen LogP contribution in [-0.4, -0.2) is 52.3 Å². The van der Waals surface area contributed by atoms with Crippen molar-refractivity contribution in [2.45, 2.75) is 25.7 Å². The monoisotopic (exact) mass is 568 g/mol. The summed E-state index contributed by atoms with van der Waals surface area (Å²) in [6.45, 7) is 4.57. The van der Waals surface area contributed by atoms with Crippen LogP contribution in [0.25, 0.3) is 0 Å². The topological polar surface area (TPSA) is 93.2 Å². The molecule has 0 spiro atoms. The zero-order valence-electron chi connectivity index (χ0n) is 19.3. The van der Waals surface area contributed by atoms with Gasteiger partial charge in [0.1, 0.15) is 17.2 Å². The van der Waals surface area contributed by atoms with Gasteiger partial charge in [0, 0.05) is 49.3 Å². The molecular formula is C24H33IN4O4. The molecule has 0 radical (unpaired) electrons. The maximum absolute atomic E-state index is 12.0. The molecule has 1 amide bonds. The fourth-order valence-electron chi connectivity index (χ4n) is 3.54. The highest BCUT2D eigenvalue weighted by atomic mass is 127. The van der Waals surface area contributed by atoms with Gasteiger partial charge >= 0.3 is 0 Å². The number of fused-ring (bicyclic) bond motifs is 1. The third-order valence-corrected chi connectivity index (χ3v) is 5.13. The molecule has 1 unspecified atom stereocenters. The van der Waals surface area contributed by atoms with Crippen LogP contribution in [0.1, 0.15) is 31.2 Å². The number of ether oxygens (including phenoxy) is 3. The minimum Gasteiger partial charge on any atom is -0.496 e. The molecule has 0 aromatic heterocycles. The number of nitrogens with zero attached hydrogens (tertiary/aromatic N) is 1. The van der Waals surface area contributed by atoms with Gasteiger partial charge in [-0.25, -0.2) is 0 Å². The molecule has 3 N–H and O–H groups in total. The minimum atomic E-state index is 0. The third kappa shape index (κ3) is 7.99. The van der Waals surface area contributed by atoms with E-state index in [2.05, 4.69) is 22.0 Å². The van der Waals surface area contributed by atoms with Gasteiger partial charge in [0.2, 0.25) is 5.91 Å². The summed E-state index contributed by atoms with van der Waals surface area (Å²) >= 11 is 0. The normalized spacial score (nSPS) is 14.9. The number of carbonyl (C=O) groups excluding carboxylic acids is 1. The molecule has 33 heavy (non-hydrogen) atoms. The number of guanidine groups is 1. The van der Waals surface area contributed by atoms with Crippen LogP contribution < -0.4 is 30.2 Å². The summed E-state index contributed by atoms with van der Waals surface area (Å²) in [6, 6.07) is 13.4. The van der Waals surface area contributed by atoms with Crippen molar-refractivity contribution in [2.75, 3.05) is 45.8 Å². The van der Waals surface area contributed by atoms with Crippen LogP contribution in [0.4, 0.5) is 5.69 Å². The van der Waals surface area contributed by atoms with Crippen LogP contribution >= 0.6 is 24.0 Å². The Kier molecular flexibility index (Phi) is 11.1. The zero-order valence-corrected chi connectivity index (χ0v) is 21.7. The first-order chi connectivity index (χ1) is 15.6. The number of rotatable bonds is 10. The number of methoxy groups -OCH3 is 2. The Morgan fingerprint density at radius 2 is 1.79 bits per heavy atom. The van der Waals surface area contributed by atoms with Crippen molar-refractivity contribution in [3.8, 4) is 17.2 Å². The highest BCUT2D eigenvalue weighted by Crippen LogP contribution is 2.32. The summed E-state index contributed by atoms with van der Waals surface area (Å²) in [6.07, 6.45) is 1.23. The Balaban J connectivity index is 0.00000385. The van der Waals surface area contributed by atoms with Crippen molar-refractivity contribution >= 4 is 41.5 Å². The molecule has 8 nitrogen and oxygen atoms in total. The van der Waals surface area contributed by atoms with E-state index in [0.29, 0.717) is 43.4 Å². The number of halogens is 1. The number of aliphatic imine (C=N–C) groups is 1. The second-order valence-electron chi connectivity index (χ2n) is 7.43. The van der Waals surface area contributed by atoms with E-state index < -0.39 is 0 Å². The fraction of sp³-hybridized carbons (Fsp3) is 0.417. The van der Waals surface area contributed by atoms with Gasteiger partial charge in [0.25, 0.3) is 0 Å². The number of hydrogen-bond acceptors (Lipinski definition) is 5. The van der Waals surface area contributed by atoms with Crippen LogP contribution in [0.2, 0.25) is 0 Å². The Hall–Kier alpha value is -2.69. The lowest BCUT2D eigenvalue weighted by atomic mass is 9.91. The molecule has 9 heteroatoms. The Morgan fingerprint density at radius 1 is 1.09 bits per heavy atom. The summed E-state index contributed by atoms with van der Waals surface area (Å²) in [5.41, 5.74) is 2.02. The van der Waals surface area contributed by atoms with Crippen molar-refractivity contribution in [1.82, 2.24) is 10.6 Å². The van der Waals surface area contributed by atoms with Crippen molar-refractivity contribution < 1.29 is 19.0 Å². The predicted octanol–water partition coefficient (Wildman–Crippen LogP) is 3.77. The summed E-state index contributed by atoms with van der Waals surface area (Å²) in [7, 11) is 3.23. The lowest BCUT2D eigenvalue weighted by Crippen LogP contribution is -2.38. The standard InChI is InChI=1S/C24H32N4O4.HI/c1-4-25-24(27-16-17-12-23(29)28-22-9-6-5-8-21(17)22)26-10-7-11-32-20-14-18(30-2)13-19(15-20)31-3;/h5-6,8-9,13-15,17H,4,7,10-12,16H2,1-3H3,(H,28,29)(H2,25,26,27);1H. The maximum Gasteiger partial charge on any atom is 0.225 e. The summed E-state index contributed by atoms with van der Waals surface area (Å²) < 4.78 is 16.4. The predicted molar refractivity (Wildman–Crippen MR) is 141 cm³/mol. The molecule has 180 valence electrons. The van der Waals surface area contributed by atoms with Crippen LogP contribution in [-0.2, 0) is 4.79 Å². The Labute approximate surface area is 212 Å². The molecule has 0 bridgehead atoms. The second-order valence-corrected chi connectivity index (χ2v) is 7.43. The van der Waals surface area contributed by atoms with Crippen LogP contribution in [0.5, 0.6) is 17.2 Å².